The molecule has 20 heavy (non-hydrogen) atoms. The van der Waals surface area contributed by atoms with E-state index in [1.54, 1.807) is 6.20 Å². The lowest BCUT2D eigenvalue weighted by molar-refractivity contribution is 0.0602. The quantitative estimate of drug-likeness (QED) is 0.779. The van der Waals surface area contributed by atoms with Crippen molar-refractivity contribution in [2.24, 2.45) is 0 Å². The zero-order chi connectivity index (χ0) is 15.0. The van der Waals surface area contributed by atoms with E-state index in [0.29, 0.717) is 5.56 Å². The number of benzene rings is 1. The van der Waals surface area contributed by atoms with Gasteiger partial charge < -0.3 is 4.74 Å². The molecule has 0 aliphatic heterocycles. The van der Waals surface area contributed by atoms with Crippen molar-refractivity contribution in [1.82, 2.24) is 4.98 Å². The molecular weight excluding hydrogens is 250 g/mol. The maximum absolute atomic E-state index is 12.0. The number of rotatable bonds is 2. The minimum Gasteiger partial charge on any atom is -0.465 e. The monoisotopic (exact) mass is 271 g/mol. The number of esters is 1. The molecule has 0 amide bonds. The summed E-state index contributed by atoms with van der Waals surface area (Å²) >= 11 is 0. The Morgan fingerprint density at radius 3 is 2.10 bits per heavy atom. The minimum atomic E-state index is -0.323. The average molecular weight is 271 g/mol. The van der Waals surface area contributed by atoms with Gasteiger partial charge in [-0.3, -0.25) is 4.98 Å². The molecule has 0 atom stereocenters. The van der Waals surface area contributed by atoms with Crippen molar-refractivity contribution in [3.63, 3.8) is 0 Å². The van der Waals surface area contributed by atoms with Gasteiger partial charge in [0.25, 0.3) is 0 Å². The molecule has 1 heterocycles. The molecule has 2 rings (SSSR count). The number of methoxy groups -OCH3 is 1. The van der Waals surface area contributed by atoms with E-state index in [-0.39, 0.29) is 5.97 Å². The molecule has 0 fully saturated rings. The Balaban J connectivity index is 3.05. The van der Waals surface area contributed by atoms with Crippen LogP contribution in [-0.4, -0.2) is 18.1 Å². The molecule has 0 bridgehead atoms. The predicted octanol–water partition coefficient (Wildman–Crippen LogP) is 3.82. The van der Waals surface area contributed by atoms with Crippen molar-refractivity contribution in [3.05, 3.63) is 39.7 Å². The SMILES string of the molecule is CCc1ncc(C(=O)OC)c2c(C)c(C)c(C)c(C)c12. The highest BCUT2D eigenvalue weighted by molar-refractivity contribution is 6.07. The molecule has 0 aliphatic carbocycles. The van der Waals surface area contributed by atoms with Crippen LogP contribution in [0.1, 0.15) is 45.2 Å². The van der Waals surface area contributed by atoms with Crippen LogP contribution in [-0.2, 0) is 11.2 Å². The summed E-state index contributed by atoms with van der Waals surface area (Å²) in [5.41, 5.74) is 6.44. The first-order chi connectivity index (χ1) is 9.43. The lowest BCUT2D eigenvalue weighted by atomic mass is 9.88. The number of aryl methyl sites for hydroxylation is 3. The van der Waals surface area contributed by atoms with E-state index in [1.165, 1.54) is 23.8 Å². The fourth-order valence-electron chi connectivity index (χ4n) is 2.81. The summed E-state index contributed by atoms with van der Waals surface area (Å²) in [7, 11) is 1.41. The Bertz CT molecular complexity index is 702. The lowest BCUT2D eigenvalue weighted by Crippen LogP contribution is -2.08. The highest BCUT2D eigenvalue weighted by Crippen LogP contribution is 2.33. The minimum absolute atomic E-state index is 0.323. The summed E-state index contributed by atoms with van der Waals surface area (Å²) in [6.07, 6.45) is 2.49. The number of fused-ring (bicyclic) bond motifs is 1. The summed E-state index contributed by atoms with van der Waals surface area (Å²) in [5, 5.41) is 2.10. The summed E-state index contributed by atoms with van der Waals surface area (Å²) in [6.45, 7) is 10.5. The van der Waals surface area contributed by atoms with Crippen molar-refractivity contribution < 1.29 is 9.53 Å². The third-order valence-electron chi connectivity index (χ3n) is 4.34. The van der Waals surface area contributed by atoms with E-state index < -0.39 is 0 Å². The van der Waals surface area contributed by atoms with Gasteiger partial charge in [0, 0.05) is 22.7 Å². The number of hydrogen-bond donors (Lipinski definition) is 0. The van der Waals surface area contributed by atoms with Crippen LogP contribution in [0.25, 0.3) is 10.8 Å². The summed E-state index contributed by atoms with van der Waals surface area (Å²) in [5.74, 6) is -0.323. The number of ether oxygens (including phenoxy) is 1. The first-order valence-corrected chi connectivity index (χ1v) is 6.90. The second-order valence-corrected chi connectivity index (χ2v) is 5.21. The normalized spacial score (nSPS) is 10.9. The fourth-order valence-corrected chi connectivity index (χ4v) is 2.81. The molecule has 0 radical (unpaired) electrons. The molecule has 106 valence electrons. The van der Waals surface area contributed by atoms with E-state index >= 15 is 0 Å². The van der Waals surface area contributed by atoms with Gasteiger partial charge in [-0.1, -0.05) is 6.92 Å². The lowest BCUT2D eigenvalue weighted by Gasteiger charge is -2.18. The molecule has 0 spiro atoms. The summed E-state index contributed by atoms with van der Waals surface area (Å²) in [6, 6.07) is 0. The summed E-state index contributed by atoms with van der Waals surface area (Å²) in [4.78, 5) is 16.5. The molecule has 1 aromatic heterocycles. The molecule has 1 aromatic carbocycles. The van der Waals surface area contributed by atoms with Crippen molar-refractivity contribution in [2.45, 2.75) is 41.0 Å². The topological polar surface area (TPSA) is 39.2 Å². The predicted molar refractivity (Wildman–Crippen MR) is 81.4 cm³/mol. The molecule has 2 aromatic rings. The van der Waals surface area contributed by atoms with E-state index in [1.807, 2.05) is 0 Å². The first kappa shape index (κ1) is 14.5. The van der Waals surface area contributed by atoms with Gasteiger partial charge in [0.05, 0.1) is 12.7 Å². The van der Waals surface area contributed by atoms with Gasteiger partial charge in [-0.05, 0) is 56.4 Å². The highest BCUT2D eigenvalue weighted by atomic mass is 16.5. The standard InChI is InChI=1S/C17H21NO2/c1-7-14-16-12(5)10(3)9(2)11(4)15(16)13(8-18-14)17(19)20-6/h8H,7H2,1-6H3. The molecule has 0 N–H and O–H groups in total. The van der Waals surface area contributed by atoms with E-state index in [4.69, 9.17) is 4.74 Å². The highest BCUT2D eigenvalue weighted by Gasteiger charge is 2.19. The van der Waals surface area contributed by atoms with Crippen LogP contribution in [0.5, 0.6) is 0 Å². The molecule has 0 saturated heterocycles. The Morgan fingerprint density at radius 2 is 1.60 bits per heavy atom. The second kappa shape index (κ2) is 5.23. The number of carbonyl (C=O) groups is 1. The van der Waals surface area contributed by atoms with E-state index in [9.17, 15) is 4.79 Å². The largest absolute Gasteiger partial charge is 0.465 e. The van der Waals surface area contributed by atoms with Gasteiger partial charge in [0.2, 0.25) is 0 Å². The number of carbonyl (C=O) groups excluding carboxylic acids is 1. The third kappa shape index (κ3) is 1.98. The molecule has 3 nitrogen and oxygen atoms in total. The fraction of sp³-hybridized carbons (Fsp3) is 0.412. The van der Waals surface area contributed by atoms with Gasteiger partial charge in [0.1, 0.15) is 0 Å². The van der Waals surface area contributed by atoms with Crippen molar-refractivity contribution >= 4 is 16.7 Å². The number of hydrogen-bond acceptors (Lipinski definition) is 3. The Labute approximate surface area is 120 Å². The first-order valence-electron chi connectivity index (χ1n) is 6.90. The van der Waals surface area contributed by atoms with E-state index in [0.717, 1.165) is 28.5 Å². The van der Waals surface area contributed by atoms with E-state index in [2.05, 4.69) is 39.6 Å². The molecule has 0 aliphatic rings. The van der Waals surface area contributed by atoms with Crippen molar-refractivity contribution in [2.75, 3.05) is 7.11 Å². The zero-order valence-electron chi connectivity index (χ0n) is 13.0. The van der Waals surface area contributed by atoms with Gasteiger partial charge in [-0.2, -0.15) is 0 Å². The van der Waals surface area contributed by atoms with Crippen molar-refractivity contribution in [1.29, 1.82) is 0 Å². The molecular formula is C17H21NO2. The van der Waals surface area contributed by atoms with Gasteiger partial charge in [-0.25, -0.2) is 4.79 Å². The Hall–Kier alpha value is -1.90. The Morgan fingerprint density at radius 1 is 1.05 bits per heavy atom. The summed E-state index contributed by atoms with van der Waals surface area (Å²) < 4.78 is 4.90. The third-order valence-corrected chi connectivity index (χ3v) is 4.34. The molecule has 0 unspecified atom stereocenters. The molecule has 3 heteroatoms. The second-order valence-electron chi connectivity index (χ2n) is 5.21. The maximum Gasteiger partial charge on any atom is 0.340 e. The van der Waals surface area contributed by atoms with Crippen LogP contribution in [0.4, 0.5) is 0 Å². The molecule has 0 saturated carbocycles. The smallest absolute Gasteiger partial charge is 0.340 e. The van der Waals surface area contributed by atoms with Crippen LogP contribution >= 0.6 is 0 Å². The van der Waals surface area contributed by atoms with Crippen LogP contribution in [0, 0.1) is 27.7 Å². The average Bonchev–Trinajstić information content (AvgIpc) is 2.48. The maximum atomic E-state index is 12.0. The van der Waals surface area contributed by atoms with Crippen LogP contribution < -0.4 is 0 Å². The zero-order valence-corrected chi connectivity index (χ0v) is 13.0. The van der Waals surface area contributed by atoms with Crippen LogP contribution in [0.3, 0.4) is 0 Å². The number of pyridine rings is 1. The van der Waals surface area contributed by atoms with Crippen molar-refractivity contribution in [3.8, 4) is 0 Å². The number of aromatic nitrogens is 1. The number of nitrogens with zero attached hydrogens (tertiary/aromatic N) is 1. The van der Waals surface area contributed by atoms with Crippen LogP contribution in [0.15, 0.2) is 6.20 Å². The van der Waals surface area contributed by atoms with Gasteiger partial charge >= 0.3 is 5.97 Å². The van der Waals surface area contributed by atoms with Gasteiger partial charge in [-0.15, -0.1) is 0 Å². The Kier molecular flexibility index (Phi) is 3.80. The van der Waals surface area contributed by atoms with Gasteiger partial charge in [0.15, 0.2) is 0 Å². The van der Waals surface area contributed by atoms with Crippen LogP contribution in [0.2, 0.25) is 0 Å².